The minimum absolute atomic E-state index is 0.000620. The van der Waals surface area contributed by atoms with E-state index in [-0.39, 0.29) is 35.4 Å². The number of amides is 1. The van der Waals surface area contributed by atoms with Gasteiger partial charge in [-0.05, 0) is 36.3 Å². The molecule has 0 saturated carbocycles. The van der Waals surface area contributed by atoms with Gasteiger partial charge in [0.25, 0.3) is 5.91 Å². The second kappa shape index (κ2) is 9.67. The number of carbonyl (C=O) groups is 1. The quantitative estimate of drug-likeness (QED) is 0.325. The molecule has 164 valence electrons. The number of phenolic OH excluding ortho intramolecular Hbond substituents is 1. The first kappa shape index (κ1) is 21.7. The average Bonchev–Trinajstić information content (AvgIpc) is 3.36. The Kier molecular flexibility index (Phi) is 6.77. The van der Waals surface area contributed by atoms with Crippen molar-refractivity contribution in [1.29, 1.82) is 0 Å². The zero-order chi connectivity index (χ0) is 22.4. The topological polar surface area (TPSA) is 170 Å². The molecule has 0 bridgehead atoms. The van der Waals surface area contributed by atoms with Crippen molar-refractivity contribution < 1.29 is 19.3 Å². The predicted octanol–water partition coefficient (Wildman–Crippen LogP) is 0.695. The second-order valence-electron chi connectivity index (χ2n) is 6.32. The van der Waals surface area contributed by atoms with E-state index in [0.717, 1.165) is 18.8 Å². The summed E-state index contributed by atoms with van der Waals surface area (Å²) in [5.41, 5.74) is 9.61. The molecule has 0 aliphatic rings. The molecular weight excluding hydrogens is 406 g/mol. The van der Waals surface area contributed by atoms with Gasteiger partial charge in [-0.2, -0.15) is 9.78 Å². The standard InChI is InChI=1S/C18H23N9O4/c1-4-26(5-2)12-7-6-11(14(28)8-12)9-20-22-18(29)15-13(10-30-3)27(25-21-15)17-16(19)23-31-24-17/h6-9,28H,4-5,10H2,1-3H3,(H2,19,23)(H,22,29)/b20-9-. The van der Waals surface area contributed by atoms with Crippen molar-refractivity contribution in [1.82, 2.24) is 30.7 Å². The van der Waals surface area contributed by atoms with Crippen LogP contribution in [0.1, 0.15) is 35.6 Å². The molecule has 1 amide bonds. The lowest BCUT2D eigenvalue weighted by Gasteiger charge is -2.21. The minimum Gasteiger partial charge on any atom is -0.507 e. The maximum absolute atomic E-state index is 12.5. The molecule has 0 unspecified atom stereocenters. The maximum atomic E-state index is 12.5. The number of carbonyl (C=O) groups excluding carboxylic acids is 1. The van der Waals surface area contributed by atoms with Crippen molar-refractivity contribution in [3.63, 3.8) is 0 Å². The molecule has 0 aliphatic heterocycles. The lowest BCUT2D eigenvalue weighted by molar-refractivity contribution is 0.0944. The smallest absolute Gasteiger partial charge is 0.293 e. The summed E-state index contributed by atoms with van der Waals surface area (Å²) in [4.78, 5) is 14.6. The van der Waals surface area contributed by atoms with Crippen LogP contribution in [-0.4, -0.2) is 62.7 Å². The van der Waals surface area contributed by atoms with Gasteiger partial charge in [-0.3, -0.25) is 4.79 Å². The number of methoxy groups -OCH3 is 1. The number of aromatic nitrogens is 5. The summed E-state index contributed by atoms with van der Waals surface area (Å²) >= 11 is 0. The van der Waals surface area contributed by atoms with Gasteiger partial charge in [-0.1, -0.05) is 5.21 Å². The highest BCUT2D eigenvalue weighted by molar-refractivity contribution is 5.94. The molecule has 3 rings (SSSR count). The Morgan fingerprint density at radius 3 is 2.77 bits per heavy atom. The van der Waals surface area contributed by atoms with Crippen LogP contribution in [0.3, 0.4) is 0 Å². The van der Waals surface area contributed by atoms with E-state index in [9.17, 15) is 9.90 Å². The Bertz CT molecular complexity index is 1070. The Balaban J connectivity index is 1.76. The first-order valence-electron chi connectivity index (χ1n) is 9.43. The van der Waals surface area contributed by atoms with Crippen LogP contribution in [0.4, 0.5) is 11.5 Å². The first-order chi connectivity index (χ1) is 15.0. The molecule has 3 aromatic rings. The van der Waals surface area contributed by atoms with Crippen LogP contribution >= 0.6 is 0 Å². The lowest BCUT2D eigenvalue weighted by Crippen LogP contribution is -2.21. The normalized spacial score (nSPS) is 11.2. The summed E-state index contributed by atoms with van der Waals surface area (Å²) in [6, 6.07) is 5.23. The maximum Gasteiger partial charge on any atom is 0.293 e. The van der Waals surface area contributed by atoms with Gasteiger partial charge in [0.1, 0.15) is 11.4 Å². The summed E-state index contributed by atoms with van der Waals surface area (Å²) in [5.74, 6) is -0.526. The van der Waals surface area contributed by atoms with E-state index in [1.807, 2.05) is 19.9 Å². The van der Waals surface area contributed by atoms with E-state index in [1.54, 1.807) is 12.1 Å². The molecule has 2 heterocycles. The van der Waals surface area contributed by atoms with Gasteiger partial charge in [-0.15, -0.1) is 5.10 Å². The molecule has 2 aromatic heterocycles. The summed E-state index contributed by atoms with van der Waals surface area (Å²) in [5, 5.41) is 29.0. The third-order valence-electron chi connectivity index (χ3n) is 4.47. The summed E-state index contributed by atoms with van der Waals surface area (Å²) in [7, 11) is 1.45. The number of nitrogens with zero attached hydrogens (tertiary/aromatic N) is 7. The van der Waals surface area contributed by atoms with Gasteiger partial charge < -0.3 is 20.5 Å². The zero-order valence-electron chi connectivity index (χ0n) is 17.3. The zero-order valence-corrected chi connectivity index (χ0v) is 17.3. The van der Waals surface area contributed by atoms with Crippen molar-refractivity contribution in [3.05, 3.63) is 35.2 Å². The highest BCUT2D eigenvalue weighted by Crippen LogP contribution is 2.23. The monoisotopic (exact) mass is 429 g/mol. The minimum atomic E-state index is -0.635. The number of hydrogen-bond acceptors (Lipinski definition) is 11. The Morgan fingerprint density at radius 2 is 2.16 bits per heavy atom. The largest absolute Gasteiger partial charge is 0.507 e. The molecule has 0 aliphatic carbocycles. The third kappa shape index (κ3) is 4.61. The van der Waals surface area contributed by atoms with Gasteiger partial charge in [0.15, 0.2) is 5.69 Å². The summed E-state index contributed by atoms with van der Waals surface area (Å²) in [6.45, 7) is 5.71. The lowest BCUT2D eigenvalue weighted by atomic mass is 10.2. The van der Waals surface area contributed by atoms with Crippen LogP contribution in [0.25, 0.3) is 5.82 Å². The number of phenols is 1. The van der Waals surface area contributed by atoms with Crippen LogP contribution in [0.5, 0.6) is 5.75 Å². The number of rotatable bonds is 9. The molecule has 13 heteroatoms. The fourth-order valence-corrected chi connectivity index (χ4v) is 2.89. The Hall–Kier alpha value is -4.00. The van der Waals surface area contributed by atoms with E-state index >= 15 is 0 Å². The van der Waals surface area contributed by atoms with E-state index in [1.165, 1.54) is 18.0 Å². The fraction of sp³-hybridized carbons (Fsp3) is 0.333. The van der Waals surface area contributed by atoms with Gasteiger partial charge in [0.05, 0.1) is 12.8 Å². The van der Waals surface area contributed by atoms with Crippen LogP contribution < -0.4 is 16.1 Å². The van der Waals surface area contributed by atoms with Crippen molar-refractivity contribution >= 4 is 23.6 Å². The number of benzene rings is 1. The summed E-state index contributed by atoms with van der Waals surface area (Å²) < 4.78 is 10.9. The highest BCUT2D eigenvalue weighted by Gasteiger charge is 2.23. The number of nitrogens with one attached hydrogen (secondary N) is 1. The molecule has 0 saturated heterocycles. The molecule has 0 spiro atoms. The molecule has 1 aromatic carbocycles. The molecule has 13 nitrogen and oxygen atoms in total. The van der Waals surface area contributed by atoms with E-state index < -0.39 is 5.91 Å². The number of nitrogen functional groups attached to an aromatic ring is 1. The van der Waals surface area contributed by atoms with Crippen molar-refractivity contribution in [2.75, 3.05) is 30.8 Å². The second-order valence-corrected chi connectivity index (χ2v) is 6.32. The van der Waals surface area contributed by atoms with Crippen LogP contribution in [0.2, 0.25) is 0 Å². The van der Waals surface area contributed by atoms with Gasteiger partial charge in [-0.25, -0.2) is 10.1 Å². The molecule has 31 heavy (non-hydrogen) atoms. The highest BCUT2D eigenvalue weighted by atomic mass is 16.6. The molecular formula is C18H23N9O4. The van der Waals surface area contributed by atoms with Crippen molar-refractivity contribution in [3.8, 4) is 11.6 Å². The number of hydrogen-bond donors (Lipinski definition) is 3. The third-order valence-corrected chi connectivity index (χ3v) is 4.47. The summed E-state index contributed by atoms with van der Waals surface area (Å²) in [6.07, 6.45) is 1.33. The van der Waals surface area contributed by atoms with E-state index in [4.69, 9.17) is 10.5 Å². The van der Waals surface area contributed by atoms with Crippen molar-refractivity contribution in [2.24, 2.45) is 5.10 Å². The van der Waals surface area contributed by atoms with E-state index in [0.29, 0.717) is 5.56 Å². The van der Waals surface area contributed by atoms with Crippen LogP contribution in [-0.2, 0) is 11.3 Å². The number of ether oxygens (including phenoxy) is 1. The van der Waals surface area contributed by atoms with Gasteiger partial charge in [0.2, 0.25) is 11.6 Å². The molecule has 4 N–H and O–H groups in total. The molecule has 0 fully saturated rings. The number of anilines is 2. The van der Waals surface area contributed by atoms with Crippen LogP contribution in [0, 0.1) is 0 Å². The van der Waals surface area contributed by atoms with E-state index in [2.05, 4.69) is 40.7 Å². The average molecular weight is 429 g/mol. The fourth-order valence-electron chi connectivity index (χ4n) is 2.89. The number of nitrogens with two attached hydrogens (primary N) is 1. The molecule has 0 radical (unpaired) electrons. The van der Waals surface area contributed by atoms with Gasteiger partial charge in [0, 0.05) is 37.5 Å². The van der Waals surface area contributed by atoms with Gasteiger partial charge >= 0.3 is 0 Å². The Labute approximate surface area is 177 Å². The first-order valence-corrected chi connectivity index (χ1v) is 9.43. The number of aromatic hydroxyl groups is 1. The molecule has 0 atom stereocenters. The van der Waals surface area contributed by atoms with Crippen LogP contribution in [0.15, 0.2) is 27.9 Å². The SMILES string of the molecule is CCN(CC)c1ccc(/C=N\NC(=O)c2nnn(-c3nonc3N)c2COC)c(O)c1. The van der Waals surface area contributed by atoms with Crippen molar-refractivity contribution in [2.45, 2.75) is 20.5 Å². The predicted molar refractivity (Wildman–Crippen MR) is 111 cm³/mol. The Morgan fingerprint density at radius 1 is 1.39 bits per heavy atom. The number of hydrazone groups is 1.